The fourth-order valence-corrected chi connectivity index (χ4v) is 2.14. The number of aromatic hydroxyl groups is 1. The van der Waals surface area contributed by atoms with Gasteiger partial charge in [-0.2, -0.15) is 0 Å². The Labute approximate surface area is 105 Å². The number of nitrogens with zero attached hydrogens (tertiary/aromatic N) is 1. The van der Waals surface area contributed by atoms with E-state index in [0.717, 1.165) is 6.42 Å². The Bertz CT molecular complexity index is 288. The van der Waals surface area contributed by atoms with Crippen molar-refractivity contribution in [1.29, 1.82) is 0 Å². The number of benzene rings is 1. The molecule has 0 saturated heterocycles. The van der Waals surface area contributed by atoms with Crippen LogP contribution >= 0.6 is 0 Å². The maximum Gasteiger partial charge on any atom is 0.115 e. The predicted octanol–water partition coefficient (Wildman–Crippen LogP) is 3.45. The van der Waals surface area contributed by atoms with E-state index in [0.29, 0.717) is 5.75 Å². The van der Waals surface area contributed by atoms with E-state index in [1.54, 1.807) is 12.1 Å². The van der Waals surface area contributed by atoms with E-state index in [4.69, 9.17) is 0 Å². The molecule has 0 aliphatic heterocycles. The highest BCUT2D eigenvalue weighted by molar-refractivity contribution is 5.25. The van der Waals surface area contributed by atoms with Gasteiger partial charge in [-0.25, -0.2) is 0 Å². The average molecular weight is 235 g/mol. The Morgan fingerprint density at radius 2 is 1.53 bits per heavy atom. The molecule has 0 saturated carbocycles. The van der Waals surface area contributed by atoms with E-state index in [9.17, 15) is 5.11 Å². The molecule has 0 spiro atoms. The Balaban J connectivity index is 2.27. The van der Waals surface area contributed by atoms with Gasteiger partial charge in [-0.15, -0.1) is 0 Å². The van der Waals surface area contributed by atoms with Gasteiger partial charge in [0.1, 0.15) is 5.75 Å². The smallest absolute Gasteiger partial charge is 0.115 e. The molecule has 0 aliphatic carbocycles. The first-order valence-electron chi connectivity index (χ1n) is 6.76. The van der Waals surface area contributed by atoms with Gasteiger partial charge in [-0.3, -0.25) is 0 Å². The standard InChI is InChI=1S/C15H25NO/c1-3-11-16(12-4-2)13-5-6-14-7-9-15(17)10-8-14/h7-10,17H,3-6,11-13H2,1-2H3. The summed E-state index contributed by atoms with van der Waals surface area (Å²) in [4.78, 5) is 2.54. The Hall–Kier alpha value is -1.02. The molecule has 0 unspecified atom stereocenters. The Kier molecular flexibility index (Phi) is 6.71. The minimum atomic E-state index is 0.354. The van der Waals surface area contributed by atoms with Crippen LogP contribution in [-0.2, 0) is 6.42 Å². The van der Waals surface area contributed by atoms with Crippen LogP contribution in [0.15, 0.2) is 24.3 Å². The molecule has 0 atom stereocenters. The van der Waals surface area contributed by atoms with Crippen molar-refractivity contribution < 1.29 is 5.11 Å². The van der Waals surface area contributed by atoms with Crippen molar-refractivity contribution in [3.63, 3.8) is 0 Å². The first-order chi connectivity index (χ1) is 8.26. The molecule has 0 bridgehead atoms. The summed E-state index contributed by atoms with van der Waals surface area (Å²) in [5, 5.41) is 9.20. The second-order valence-electron chi connectivity index (χ2n) is 4.61. The van der Waals surface area contributed by atoms with Crippen LogP contribution in [0.25, 0.3) is 0 Å². The highest BCUT2D eigenvalue weighted by Gasteiger charge is 2.02. The lowest BCUT2D eigenvalue weighted by molar-refractivity contribution is 0.271. The van der Waals surface area contributed by atoms with Gasteiger partial charge < -0.3 is 10.0 Å². The van der Waals surface area contributed by atoms with Gasteiger partial charge in [0.25, 0.3) is 0 Å². The fraction of sp³-hybridized carbons (Fsp3) is 0.600. The zero-order chi connectivity index (χ0) is 12.5. The number of rotatable bonds is 8. The van der Waals surface area contributed by atoms with Crippen LogP contribution in [0, 0.1) is 0 Å². The van der Waals surface area contributed by atoms with Crippen molar-refractivity contribution in [2.24, 2.45) is 0 Å². The maximum absolute atomic E-state index is 9.20. The first kappa shape index (κ1) is 14.0. The topological polar surface area (TPSA) is 23.5 Å². The van der Waals surface area contributed by atoms with E-state index in [1.807, 2.05) is 12.1 Å². The third-order valence-corrected chi connectivity index (χ3v) is 2.96. The third kappa shape index (κ3) is 5.73. The lowest BCUT2D eigenvalue weighted by Crippen LogP contribution is -2.26. The lowest BCUT2D eigenvalue weighted by Gasteiger charge is -2.20. The largest absolute Gasteiger partial charge is 0.508 e. The molecule has 96 valence electrons. The summed E-state index contributed by atoms with van der Waals surface area (Å²) >= 11 is 0. The van der Waals surface area contributed by atoms with Gasteiger partial charge >= 0.3 is 0 Å². The number of hydrogen-bond acceptors (Lipinski definition) is 2. The molecule has 0 heterocycles. The van der Waals surface area contributed by atoms with Gasteiger partial charge in [-0.1, -0.05) is 26.0 Å². The van der Waals surface area contributed by atoms with Gasteiger partial charge in [0.15, 0.2) is 0 Å². The molecule has 0 amide bonds. The summed E-state index contributed by atoms with van der Waals surface area (Å²) in [5.74, 6) is 0.354. The number of hydrogen-bond donors (Lipinski definition) is 1. The molecule has 0 aromatic heterocycles. The zero-order valence-corrected chi connectivity index (χ0v) is 11.2. The minimum Gasteiger partial charge on any atom is -0.508 e. The SMILES string of the molecule is CCCN(CCC)CCCc1ccc(O)cc1. The summed E-state index contributed by atoms with van der Waals surface area (Å²) in [6.07, 6.45) is 4.77. The minimum absolute atomic E-state index is 0.354. The monoisotopic (exact) mass is 235 g/mol. The summed E-state index contributed by atoms with van der Waals surface area (Å²) in [7, 11) is 0. The van der Waals surface area contributed by atoms with Crippen LogP contribution in [0.1, 0.15) is 38.7 Å². The van der Waals surface area contributed by atoms with E-state index in [-0.39, 0.29) is 0 Å². The van der Waals surface area contributed by atoms with Crippen LogP contribution in [0.4, 0.5) is 0 Å². The van der Waals surface area contributed by atoms with Crippen molar-refractivity contribution in [2.75, 3.05) is 19.6 Å². The molecule has 1 N–H and O–H groups in total. The molecular formula is C15H25NO. The molecule has 0 aliphatic rings. The van der Waals surface area contributed by atoms with Crippen LogP contribution in [0.2, 0.25) is 0 Å². The normalized spacial score (nSPS) is 11.0. The lowest BCUT2D eigenvalue weighted by atomic mass is 10.1. The Morgan fingerprint density at radius 3 is 2.06 bits per heavy atom. The second kappa shape index (κ2) is 8.13. The van der Waals surface area contributed by atoms with E-state index in [1.165, 1.54) is 44.5 Å². The quantitative estimate of drug-likeness (QED) is 0.746. The maximum atomic E-state index is 9.20. The van der Waals surface area contributed by atoms with Gasteiger partial charge in [-0.05, 0) is 63.0 Å². The molecule has 0 radical (unpaired) electrons. The summed E-state index contributed by atoms with van der Waals surface area (Å²) in [6, 6.07) is 7.56. The molecular weight excluding hydrogens is 210 g/mol. The highest BCUT2D eigenvalue weighted by Crippen LogP contribution is 2.11. The van der Waals surface area contributed by atoms with Crippen LogP contribution in [0.5, 0.6) is 5.75 Å². The highest BCUT2D eigenvalue weighted by atomic mass is 16.3. The van der Waals surface area contributed by atoms with Crippen LogP contribution in [0.3, 0.4) is 0 Å². The third-order valence-electron chi connectivity index (χ3n) is 2.96. The summed E-state index contributed by atoms with van der Waals surface area (Å²) < 4.78 is 0. The van der Waals surface area contributed by atoms with E-state index >= 15 is 0 Å². The molecule has 1 aromatic carbocycles. The number of aryl methyl sites for hydroxylation is 1. The summed E-state index contributed by atoms with van der Waals surface area (Å²) in [6.45, 7) is 8.08. The van der Waals surface area contributed by atoms with Gasteiger partial charge in [0.2, 0.25) is 0 Å². The Morgan fingerprint density at radius 1 is 0.941 bits per heavy atom. The average Bonchev–Trinajstić information content (AvgIpc) is 2.32. The van der Waals surface area contributed by atoms with Crippen LogP contribution in [-0.4, -0.2) is 29.6 Å². The van der Waals surface area contributed by atoms with Gasteiger partial charge in [0, 0.05) is 0 Å². The van der Waals surface area contributed by atoms with Crippen molar-refractivity contribution in [3.05, 3.63) is 29.8 Å². The van der Waals surface area contributed by atoms with E-state index < -0.39 is 0 Å². The van der Waals surface area contributed by atoms with Crippen molar-refractivity contribution in [2.45, 2.75) is 39.5 Å². The molecule has 2 heteroatoms. The second-order valence-corrected chi connectivity index (χ2v) is 4.61. The first-order valence-corrected chi connectivity index (χ1v) is 6.76. The molecule has 1 rings (SSSR count). The number of phenols is 1. The molecule has 0 fully saturated rings. The van der Waals surface area contributed by atoms with Crippen molar-refractivity contribution in [3.8, 4) is 5.75 Å². The summed E-state index contributed by atoms with van der Waals surface area (Å²) in [5.41, 5.74) is 1.32. The van der Waals surface area contributed by atoms with Gasteiger partial charge in [0.05, 0.1) is 0 Å². The van der Waals surface area contributed by atoms with E-state index in [2.05, 4.69) is 18.7 Å². The van der Waals surface area contributed by atoms with Crippen LogP contribution < -0.4 is 0 Å². The molecule has 17 heavy (non-hydrogen) atoms. The fourth-order valence-electron chi connectivity index (χ4n) is 2.14. The molecule has 1 aromatic rings. The zero-order valence-electron chi connectivity index (χ0n) is 11.2. The molecule has 2 nitrogen and oxygen atoms in total. The number of phenolic OH excluding ortho intramolecular Hbond substituents is 1. The van der Waals surface area contributed by atoms with Crippen molar-refractivity contribution in [1.82, 2.24) is 4.90 Å². The predicted molar refractivity (Wildman–Crippen MR) is 73.4 cm³/mol. The van der Waals surface area contributed by atoms with Crippen molar-refractivity contribution >= 4 is 0 Å².